The second-order valence-corrected chi connectivity index (χ2v) is 4.60. The Labute approximate surface area is 104 Å². The number of amides is 1. The molecule has 2 heterocycles. The number of hydrogen-bond donors (Lipinski definition) is 1. The van der Waals surface area contributed by atoms with Crippen molar-refractivity contribution < 1.29 is 9.53 Å². The first-order chi connectivity index (χ1) is 8.84. The van der Waals surface area contributed by atoms with Crippen LogP contribution in [0, 0.1) is 5.92 Å². The molecule has 0 fully saturated rings. The van der Waals surface area contributed by atoms with Crippen molar-refractivity contribution in [3.8, 4) is 5.75 Å². The summed E-state index contributed by atoms with van der Waals surface area (Å²) in [6.07, 6.45) is 5.74. The lowest BCUT2D eigenvalue weighted by molar-refractivity contribution is -0.122. The number of carbonyl (C=O) groups is 1. The van der Waals surface area contributed by atoms with E-state index in [0.717, 1.165) is 22.6 Å². The van der Waals surface area contributed by atoms with Crippen LogP contribution in [0.5, 0.6) is 5.75 Å². The van der Waals surface area contributed by atoms with E-state index in [0.29, 0.717) is 6.54 Å². The minimum absolute atomic E-state index is 0.0542. The lowest BCUT2D eigenvalue weighted by Crippen LogP contribution is -2.40. The van der Waals surface area contributed by atoms with Crippen LogP contribution in [0.25, 0.3) is 5.57 Å². The zero-order chi connectivity index (χ0) is 12.1. The zero-order valence-corrected chi connectivity index (χ0v) is 9.64. The van der Waals surface area contributed by atoms with E-state index in [9.17, 15) is 4.79 Å². The molecule has 1 aromatic carbocycles. The summed E-state index contributed by atoms with van der Waals surface area (Å²) >= 11 is 0. The summed E-state index contributed by atoms with van der Waals surface area (Å²) in [5, 5.41) is 2.95. The second kappa shape index (κ2) is 3.35. The molecule has 1 amide bonds. The van der Waals surface area contributed by atoms with E-state index in [-0.39, 0.29) is 11.8 Å². The van der Waals surface area contributed by atoms with Gasteiger partial charge in [-0.05, 0) is 17.7 Å². The highest BCUT2D eigenvalue weighted by atomic mass is 16.5. The molecule has 1 aliphatic carbocycles. The largest absolute Gasteiger partial charge is 0.456 e. The van der Waals surface area contributed by atoms with Crippen LogP contribution in [0.15, 0.2) is 53.8 Å². The molecule has 0 saturated heterocycles. The number of rotatable bonds is 0. The minimum Gasteiger partial charge on any atom is -0.456 e. The number of nitrogens with one attached hydrogen (secondary N) is 1. The Kier molecular flexibility index (Phi) is 1.81. The fraction of sp³-hybridized carbons (Fsp3) is 0.133. The number of fused-ring (bicyclic) bond motifs is 2. The van der Waals surface area contributed by atoms with Crippen LogP contribution in [-0.2, 0) is 4.79 Å². The number of ether oxygens (including phenoxy) is 1. The van der Waals surface area contributed by atoms with Gasteiger partial charge in [-0.15, -0.1) is 0 Å². The van der Waals surface area contributed by atoms with Crippen molar-refractivity contribution in [3.05, 3.63) is 59.4 Å². The second-order valence-electron chi connectivity index (χ2n) is 4.60. The fourth-order valence-electron chi connectivity index (χ4n) is 2.78. The standard InChI is InChI=1S/C15H11NO2/c17-15-10-5-3-7-13-14(10)11(8-16-15)9-4-1-2-6-12(9)18-13/h1-7,10H,8H2,(H,16,17). The summed E-state index contributed by atoms with van der Waals surface area (Å²) in [6.45, 7) is 0.580. The first-order valence-corrected chi connectivity index (χ1v) is 6.01. The molecule has 88 valence electrons. The van der Waals surface area contributed by atoms with Crippen molar-refractivity contribution in [3.63, 3.8) is 0 Å². The van der Waals surface area contributed by atoms with E-state index in [1.165, 1.54) is 5.57 Å². The van der Waals surface area contributed by atoms with Gasteiger partial charge in [-0.1, -0.05) is 30.4 Å². The predicted octanol–water partition coefficient (Wildman–Crippen LogP) is 2.03. The van der Waals surface area contributed by atoms with Gasteiger partial charge in [0, 0.05) is 17.7 Å². The molecule has 0 saturated carbocycles. The third-order valence-corrected chi connectivity index (χ3v) is 3.61. The summed E-state index contributed by atoms with van der Waals surface area (Å²) in [7, 11) is 0. The monoisotopic (exact) mass is 237 g/mol. The fourth-order valence-corrected chi connectivity index (χ4v) is 2.78. The van der Waals surface area contributed by atoms with E-state index in [1.54, 1.807) is 0 Å². The molecule has 1 N–H and O–H groups in total. The quantitative estimate of drug-likeness (QED) is 0.749. The maximum Gasteiger partial charge on any atom is 0.231 e. The first-order valence-electron chi connectivity index (χ1n) is 6.01. The van der Waals surface area contributed by atoms with Crippen LogP contribution >= 0.6 is 0 Å². The highest BCUT2D eigenvalue weighted by Crippen LogP contribution is 2.43. The minimum atomic E-state index is -0.206. The maximum absolute atomic E-state index is 11.9. The smallest absolute Gasteiger partial charge is 0.231 e. The normalized spacial score (nSPS) is 23.7. The van der Waals surface area contributed by atoms with Gasteiger partial charge in [-0.25, -0.2) is 0 Å². The molecule has 1 atom stereocenters. The van der Waals surface area contributed by atoms with E-state index in [1.807, 2.05) is 42.5 Å². The molecule has 18 heavy (non-hydrogen) atoms. The topological polar surface area (TPSA) is 38.3 Å². The molecular formula is C15H11NO2. The van der Waals surface area contributed by atoms with Gasteiger partial charge in [-0.3, -0.25) is 4.79 Å². The summed E-state index contributed by atoms with van der Waals surface area (Å²) in [4.78, 5) is 11.9. The maximum atomic E-state index is 11.9. The molecule has 0 aromatic heterocycles. The highest BCUT2D eigenvalue weighted by molar-refractivity contribution is 5.95. The van der Waals surface area contributed by atoms with Crippen LogP contribution in [0.2, 0.25) is 0 Å². The molecule has 0 spiro atoms. The molecule has 0 radical (unpaired) electrons. The Balaban J connectivity index is 2.01. The van der Waals surface area contributed by atoms with Crippen molar-refractivity contribution in [1.29, 1.82) is 0 Å². The van der Waals surface area contributed by atoms with Crippen LogP contribution in [0.1, 0.15) is 5.56 Å². The molecule has 1 unspecified atom stereocenters. The van der Waals surface area contributed by atoms with Gasteiger partial charge in [0.15, 0.2) is 0 Å². The summed E-state index contributed by atoms with van der Waals surface area (Å²) in [6, 6.07) is 7.96. The number of hydrogen-bond acceptors (Lipinski definition) is 2. The molecule has 3 nitrogen and oxygen atoms in total. The molecule has 0 bridgehead atoms. The van der Waals surface area contributed by atoms with Crippen molar-refractivity contribution in [1.82, 2.24) is 5.32 Å². The lowest BCUT2D eigenvalue weighted by Gasteiger charge is -2.34. The molecular weight excluding hydrogens is 226 g/mol. The van der Waals surface area contributed by atoms with Crippen molar-refractivity contribution in [2.24, 2.45) is 5.92 Å². The van der Waals surface area contributed by atoms with Crippen molar-refractivity contribution in [2.45, 2.75) is 0 Å². The SMILES string of the molecule is O=C1NCC2=C3C(=CC=CC13)Oc1ccccc12. The number of para-hydroxylation sites is 1. The van der Waals surface area contributed by atoms with Gasteiger partial charge in [-0.2, -0.15) is 0 Å². The van der Waals surface area contributed by atoms with Gasteiger partial charge in [0.05, 0.1) is 5.92 Å². The zero-order valence-electron chi connectivity index (χ0n) is 9.64. The van der Waals surface area contributed by atoms with Gasteiger partial charge in [0.25, 0.3) is 0 Å². The third kappa shape index (κ3) is 1.16. The predicted molar refractivity (Wildman–Crippen MR) is 67.7 cm³/mol. The van der Waals surface area contributed by atoms with Gasteiger partial charge in [0.2, 0.25) is 5.91 Å². The third-order valence-electron chi connectivity index (χ3n) is 3.61. The van der Waals surface area contributed by atoms with Crippen LogP contribution < -0.4 is 10.1 Å². The van der Waals surface area contributed by atoms with Crippen molar-refractivity contribution >= 4 is 11.5 Å². The number of allylic oxidation sites excluding steroid dienone is 3. The Hall–Kier alpha value is -2.29. The summed E-state index contributed by atoms with van der Waals surface area (Å²) in [5.74, 6) is 1.53. The molecule has 2 aliphatic heterocycles. The van der Waals surface area contributed by atoms with E-state index in [2.05, 4.69) is 5.32 Å². The number of carbonyl (C=O) groups excluding carboxylic acids is 1. The average molecular weight is 237 g/mol. The van der Waals surface area contributed by atoms with E-state index < -0.39 is 0 Å². The average Bonchev–Trinajstić information content (AvgIpc) is 2.42. The van der Waals surface area contributed by atoms with Gasteiger partial charge in [0.1, 0.15) is 11.5 Å². The molecule has 1 aromatic rings. The summed E-state index contributed by atoms with van der Waals surface area (Å²) < 4.78 is 5.89. The summed E-state index contributed by atoms with van der Waals surface area (Å²) in [5.41, 5.74) is 3.29. The molecule has 3 aliphatic rings. The van der Waals surface area contributed by atoms with Crippen LogP contribution in [0.3, 0.4) is 0 Å². The lowest BCUT2D eigenvalue weighted by atomic mass is 9.81. The van der Waals surface area contributed by atoms with Crippen LogP contribution in [-0.4, -0.2) is 12.5 Å². The van der Waals surface area contributed by atoms with E-state index >= 15 is 0 Å². The first kappa shape index (κ1) is 9.71. The van der Waals surface area contributed by atoms with Gasteiger partial charge < -0.3 is 10.1 Å². The van der Waals surface area contributed by atoms with Crippen LogP contribution in [0.4, 0.5) is 0 Å². The highest BCUT2D eigenvalue weighted by Gasteiger charge is 2.36. The Bertz CT molecular complexity index is 652. The molecule has 3 heteroatoms. The van der Waals surface area contributed by atoms with Gasteiger partial charge >= 0.3 is 0 Å². The van der Waals surface area contributed by atoms with E-state index in [4.69, 9.17) is 4.74 Å². The molecule has 4 rings (SSSR count). The Morgan fingerprint density at radius 3 is 3.11 bits per heavy atom. The number of benzene rings is 1. The Morgan fingerprint density at radius 1 is 1.28 bits per heavy atom. The Morgan fingerprint density at radius 2 is 2.17 bits per heavy atom. The van der Waals surface area contributed by atoms with Crippen molar-refractivity contribution in [2.75, 3.05) is 6.54 Å².